The van der Waals surface area contributed by atoms with E-state index in [1.54, 1.807) is 5.01 Å². The minimum atomic E-state index is 0.00463. The van der Waals surface area contributed by atoms with E-state index < -0.39 is 0 Å². The van der Waals surface area contributed by atoms with Crippen LogP contribution in [0.25, 0.3) is 0 Å². The fourth-order valence-electron chi connectivity index (χ4n) is 0.776. The molecule has 0 aromatic heterocycles. The van der Waals surface area contributed by atoms with Crippen LogP contribution in [0.3, 0.4) is 0 Å². The van der Waals surface area contributed by atoms with Crippen molar-refractivity contribution in [1.29, 1.82) is 0 Å². The highest BCUT2D eigenvalue weighted by Gasteiger charge is 2.20. The summed E-state index contributed by atoms with van der Waals surface area (Å²) in [4.78, 5) is 4.81. The highest BCUT2D eigenvalue weighted by molar-refractivity contribution is 4.59. The Morgan fingerprint density at radius 1 is 1.56 bits per heavy atom. The van der Waals surface area contributed by atoms with Crippen molar-refractivity contribution < 1.29 is 4.84 Å². The van der Waals surface area contributed by atoms with Crippen LogP contribution in [0.4, 0.5) is 0 Å². The van der Waals surface area contributed by atoms with Gasteiger partial charge in [-0.25, -0.2) is 5.01 Å². The average molecular weight is 129 g/mol. The minimum absolute atomic E-state index is 0.00463. The number of hydrogen-bond acceptors (Lipinski definition) is 4. The van der Waals surface area contributed by atoms with E-state index in [-0.39, 0.29) is 6.23 Å². The molecule has 0 bridgehead atoms. The van der Waals surface area contributed by atoms with Crippen LogP contribution in [0.2, 0.25) is 0 Å². The molecule has 0 amide bonds. The van der Waals surface area contributed by atoms with Crippen molar-refractivity contribution in [1.82, 2.24) is 5.01 Å². The third-order valence-electron chi connectivity index (χ3n) is 1.24. The summed E-state index contributed by atoms with van der Waals surface area (Å²) in [5.74, 6) is 0. The Balaban J connectivity index is 2.49. The molecule has 0 saturated carbocycles. The molecule has 9 heavy (non-hydrogen) atoms. The summed E-state index contributed by atoms with van der Waals surface area (Å²) in [6, 6.07) is 0.367. The SMILES string of the molecule is CC(C)N1N=NOC1C. The van der Waals surface area contributed by atoms with Gasteiger partial charge in [0.15, 0.2) is 0 Å². The molecule has 52 valence electrons. The zero-order valence-electron chi connectivity index (χ0n) is 5.90. The van der Waals surface area contributed by atoms with Crippen LogP contribution < -0.4 is 0 Å². The summed E-state index contributed by atoms with van der Waals surface area (Å²) in [6.07, 6.45) is 0.00463. The van der Waals surface area contributed by atoms with E-state index in [0.29, 0.717) is 6.04 Å². The van der Waals surface area contributed by atoms with Crippen molar-refractivity contribution in [2.45, 2.75) is 33.0 Å². The molecule has 0 saturated heterocycles. The van der Waals surface area contributed by atoms with Gasteiger partial charge in [-0.05, 0) is 26.0 Å². The first kappa shape index (κ1) is 6.32. The molecular weight excluding hydrogens is 118 g/mol. The normalized spacial score (nSPS) is 25.3. The van der Waals surface area contributed by atoms with E-state index in [2.05, 4.69) is 10.5 Å². The predicted molar refractivity (Wildman–Crippen MR) is 32.4 cm³/mol. The van der Waals surface area contributed by atoms with Gasteiger partial charge >= 0.3 is 0 Å². The second-order valence-electron chi connectivity index (χ2n) is 2.35. The Morgan fingerprint density at radius 3 is 2.44 bits per heavy atom. The molecule has 0 N–H and O–H groups in total. The van der Waals surface area contributed by atoms with Gasteiger partial charge in [0, 0.05) is 11.3 Å². The molecular formula is C5H11N3O. The monoisotopic (exact) mass is 129 g/mol. The second kappa shape index (κ2) is 2.21. The van der Waals surface area contributed by atoms with E-state index in [4.69, 9.17) is 4.84 Å². The maximum absolute atomic E-state index is 4.81. The fourth-order valence-corrected chi connectivity index (χ4v) is 0.776. The van der Waals surface area contributed by atoms with E-state index in [1.807, 2.05) is 20.8 Å². The van der Waals surface area contributed by atoms with Gasteiger partial charge in [0.1, 0.15) is 0 Å². The molecule has 1 rings (SSSR count). The summed E-state index contributed by atoms with van der Waals surface area (Å²) in [5.41, 5.74) is 0. The lowest BCUT2D eigenvalue weighted by atomic mass is 10.4. The van der Waals surface area contributed by atoms with Crippen LogP contribution in [0, 0.1) is 0 Å². The zero-order valence-corrected chi connectivity index (χ0v) is 5.90. The van der Waals surface area contributed by atoms with Crippen molar-refractivity contribution in [3.63, 3.8) is 0 Å². The number of rotatable bonds is 1. The lowest BCUT2D eigenvalue weighted by Gasteiger charge is -2.18. The van der Waals surface area contributed by atoms with Crippen LogP contribution in [0.1, 0.15) is 20.8 Å². The second-order valence-corrected chi connectivity index (χ2v) is 2.35. The molecule has 4 nitrogen and oxygen atoms in total. The molecule has 4 heteroatoms. The largest absolute Gasteiger partial charge is 0.351 e. The van der Waals surface area contributed by atoms with Crippen LogP contribution in [-0.4, -0.2) is 17.3 Å². The van der Waals surface area contributed by atoms with Gasteiger partial charge in [0.25, 0.3) is 0 Å². The van der Waals surface area contributed by atoms with Gasteiger partial charge in [-0.1, -0.05) is 0 Å². The van der Waals surface area contributed by atoms with Gasteiger partial charge in [0.05, 0.1) is 0 Å². The van der Waals surface area contributed by atoms with Crippen molar-refractivity contribution in [2.75, 3.05) is 0 Å². The highest BCUT2D eigenvalue weighted by atomic mass is 16.7. The third-order valence-corrected chi connectivity index (χ3v) is 1.24. The van der Waals surface area contributed by atoms with Crippen molar-refractivity contribution in [3.05, 3.63) is 0 Å². The van der Waals surface area contributed by atoms with Crippen molar-refractivity contribution >= 4 is 0 Å². The van der Waals surface area contributed by atoms with E-state index in [0.717, 1.165) is 0 Å². The average Bonchev–Trinajstić information content (AvgIpc) is 2.13. The molecule has 1 aliphatic rings. The van der Waals surface area contributed by atoms with Crippen LogP contribution >= 0.6 is 0 Å². The van der Waals surface area contributed by atoms with Crippen molar-refractivity contribution in [2.24, 2.45) is 10.5 Å². The molecule has 0 aromatic rings. The first-order valence-electron chi connectivity index (χ1n) is 3.07. The molecule has 1 unspecified atom stereocenters. The van der Waals surface area contributed by atoms with E-state index in [9.17, 15) is 0 Å². The molecule has 0 spiro atoms. The number of nitrogens with zero attached hydrogens (tertiary/aromatic N) is 3. The van der Waals surface area contributed by atoms with Gasteiger partial charge in [-0.3, -0.25) is 0 Å². The molecule has 1 aliphatic heterocycles. The Kier molecular flexibility index (Phi) is 1.55. The Morgan fingerprint density at radius 2 is 2.22 bits per heavy atom. The summed E-state index contributed by atoms with van der Waals surface area (Å²) in [6.45, 7) is 6.01. The lowest BCUT2D eigenvalue weighted by molar-refractivity contribution is 0.00332. The Hall–Kier alpha value is -0.800. The van der Waals surface area contributed by atoms with Crippen LogP contribution in [0.5, 0.6) is 0 Å². The number of hydrogen-bond donors (Lipinski definition) is 0. The standard InChI is InChI=1S/C5H11N3O/c1-4(2)8-5(3)9-7-6-8/h4-5H,1-3H3. The maximum Gasteiger partial charge on any atom is 0.215 e. The fraction of sp³-hybridized carbons (Fsp3) is 1.00. The smallest absolute Gasteiger partial charge is 0.215 e. The Bertz CT molecular complexity index is 123. The molecule has 0 fully saturated rings. The zero-order chi connectivity index (χ0) is 6.85. The molecule has 0 aromatic carbocycles. The Labute approximate surface area is 54.4 Å². The van der Waals surface area contributed by atoms with Gasteiger partial charge in [-0.15, -0.1) is 0 Å². The molecule has 1 atom stereocenters. The van der Waals surface area contributed by atoms with Crippen LogP contribution in [-0.2, 0) is 4.84 Å². The topological polar surface area (TPSA) is 37.2 Å². The van der Waals surface area contributed by atoms with Crippen molar-refractivity contribution in [3.8, 4) is 0 Å². The van der Waals surface area contributed by atoms with Gasteiger partial charge in [-0.2, -0.15) is 0 Å². The third kappa shape index (κ3) is 1.12. The lowest BCUT2D eigenvalue weighted by Crippen LogP contribution is -2.30. The highest BCUT2D eigenvalue weighted by Crippen LogP contribution is 2.13. The minimum Gasteiger partial charge on any atom is -0.351 e. The predicted octanol–water partition coefficient (Wildman–Crippen LogP) is 1.36. The van der Waals surface area contributed by atoms with Crippen LogP contribution in [0.15, 0.2) is 10.5 Å². The summed E-state index contributed by atoms with van der Waals surface area (Å²) in [7, 11) is 0. The molecule has 1 heterocycles. The maximum atomic E-state index is 4.81. The summed E-state index contributed by atoms with van der Waals surface area (Å²) in [5, 5.41) is 8.98. The molecule has 0 aliphatic carbocycles. The van der Waals surface area contributed by atoms with Gasteiger partial charge < -0.3 is 4.84 Å². The van der Waals surface area contributed by atoms with E-state index >= 15 is 0 Å². The van der Waals surface area contributed by atoms with Gasteiger partial charge in [0.2, 0.25) is 6.23 Å². The summed E-state index contributed by atoms with van der Waals surface area (Å²) < 4.78 is 0. The first-order chi connectivity index (χ1) is 4.22. The molecule has 0 radical (unpaired) electrons. The first-order valence-corrected chi connectivity index (χ1v) is 3.07. The quantitative estimate of drug-likeness (QED) is 0.536. The van der Waals surface area contributed by atoms with E-state index in [1.165, 1.54) is 0 Å². The summed E-state index contributed by atoms with van der Waals surface area (Å²) >= 11 is 0.